The number of benzene rings is 1. The summed E-state index contributed by atoms with van der Waals surface area (Å²) in [7, 11) is 1.57. The molecule has 2 amide bonds. The normalized spacial score (nSPS) is 18.0. The van der Waals surface area contributed by atoms with Crippen molar-refractivity contribution in [3.8, 4) is 0 Å². The van der Waals surface area contributed by atoms with Gasteiger partial charge in [0.05, 0.1) is 10.7 Å². The number of carbonyl (C=O) groups is 2. The summed E-state index contributed by atoms with van der Waals surface area (Å²) in [5.41, 5.74) is -0.225. The maximum absolute atomic E-state index is 13.2. The van der Waals surface area contributed by atoms with Crippen molar-refractivity contribution in [3.05, 3.63) is 29.0 Å². The second kappa shape index (κ2) is 7.60. The third-order valence-electron chi connectivity index (χ3n) is 4.02. The van der Waals surface area contributed by atoms with Gasteiger partial charge >= 0.3 is 6.09 Å². The van der Waals surface area contributed by atoms with E-state index in [1.54, 1.807) is 27.8 Å². The molecular weight excluding hydrogens is 347 g/mol. The Morgan fingerprint density at radius 1 is 1.32 bits per heavy atom. The number of anilines is 1. The summed E-state index contributed by atoms with van der Waals surface area (Å²) < 4.78 is 18.7. The van der Waals surface area contributed by atoms with Crippen molar-refractivity contribution < 1.29 is 18.7 Å². The van der Waals surface area contributed by atoms with Crippen LogP contribution >= 0.6 is 11.6 Å². The van der Waals surface area contributed by atoms with E-state index in [1.165, 1.54) is 21.9 Å². The number of likely N-dealkylation sites (N-methyl/N-ethyl adjacent to an activating group) is 1. The van der Waals surface area contributed by atoms with E-state index in [4.69, 9.17) is 16.3 Å². The Hall–Kier alpha value is -1.82. The fourth-order valence-corrected chi connectivity index (χ4v) is 3.12. The standard InChI is InChI=1S/C18H24ClFN2O3/c1-18(2,3)25-17(24)22-10-6-5-7-15(22)16(23)21(4)14-9-8-12(20)11-13(14)19/h8-9,11,15H,5-7,10H2,1-4H3/t15-/m0/s1. The van der Waals surface area contributed by atoms with Crippen LogP contribution in [0.4, 0.5) is 14.9 Å². The molecule has 0 N–H and O–H groups in total. The second-order valence-corrected chi connectivity index (χ2v) is 7.59. The average Bonchev–Trinajstić information content (AvgIpc) is 2.52. The molecule has 0 spiro atoms. The van der Waals surface area contributed by atoms with Crippen molar-refractivity contribution in [2.45, 2.75) is 51.7 Å². The summed E-state index contributed by atoms with van der Waals surface area (Å²) in [5.74, 6) is -0.735. The van der Waals surface area contributed by atoms with Gasteiger partial charge in [-0.05, 0) is 58.2 Å². The van der Waals surface area contributed by atoms with E-state index in [0.29, 0.717) is 18.7 Å². The van der Waals surface area contributed by atoms with Crippen LogP contribution in [0.2, 0.25) is 5.02 Å². The van der Waals surface area contributed by atoms with Crippen LogP contribution in [0.3, 0.4) is 0 Å². The fraction of sp³-hybridized carbons (Fsp3) is 0.556. The molecule has 1 saturated heterocycles. The maximum Gasteiger partial charge on any atom is 0.410 e. The number of piperidine rings is 1. The molecule has 1 aromatic rings. The van der Waals surface area contributed by atoms with Crippen LogP contribution in [0.15, 0.2) is 18.2 Å². The first-order chi connectivity index (χ1) is 11.6. The lowest BCUT2D eigenvalue weighted by Gasteiger charge is -2.37. The van der Waals surface area contributed by atoms with Crippen LogP contribution in [-0.4, -0.2) is 42.1 Å². The minimum Gasteiger partial charge on any atom is -0.444 e. The second-order valence-electron chi connectivity index (χ2n) is 7.18. The number of nitrogens with zero attached hydrogens (tertiary/aromatic N) is 2. The molecular formula is C18H24ClFN2O3. The average molecular weight is 371 g/mol. The van der Waals surface area contributed by atoms with Gasteiger partial charge in [-0.1, -0.05) is 11.6 Å². The Morgan fingerprint density at radius 2 is 2.00 bits per heavy atom. The van der Waals surface area contributed by atoms with Crippen LogP contribution in [0.25, 0.3) is 0 Å². The largest absolute Gasteiger partial charge is 0.444 e. The minimum atomic E-state index is -0.631. The van der Waals surface area contributed by atoms with Crippen molar-refractivity contribution >= 4 is 29.3 Å². The molecule has 1 aliphatic rings. The number of rotatable bonds is 2. The third-order valence-corrected chi connectivity index (χ3v) is 4.32. The van der Waals surface area contributed by atoms with E-state index in [9.17, 15) is 14.0 Å². The first-order valence-electron chi connectivity index (χ1n) is 8.32. The highest BCUT2D eigenvalue weighted by Crippen LogP contribution is 2.28. The number of amides is 2. The van der Waals surface area contributed by atoms with E-state index < -0.39 is 23.6 Å². The number of hydrogen-bond acceptors (Lipinski definition) is 3. The van der Waals surface area contributed by atoms with Crippen molar-refractivity contribution in [1.29, 1.82) is 0 Å². The molecule has 0 aliphatic carbocycles. The van der Waals surface area contributed by atoms with Crippen LogP contribution in [0, 0.1) is 5.82 Å². The molecule has 0 radical (unpaired) electrons. The first kappa shape index (κ1) is 19.5. The zero-order valence-electron chi connectivity index (χ0n) is 15.0. The van der Waals surface area contributed by atoms with E-state index in [1.807, 2.05) is 0 Å². The van der Waals surface area contributed by atoms with Gasteiger partial charge in [0.2, 0.25) is 5.91 Å². The summed E-state index contributed by atoms with van der Waals surface area (Å²) in [4.78, 5) is 28.2. The van der Waals surface area contributed by atoms with Crippen molar-refractivity contribution in [2.75, 3.05) is 18.5 Å². The monoisotopic (exact) mass is 370 g/mol. The Balaban J connectivity index is 2.20. The Bertz CT molecular complexity index is 660. The molecule has 0 aromatic heterocycles. The van der Waals surface area contributed by atoms with Crippen LogP contribution < -0.4 is 4.90 Å². The molecule has 1 aromatic carbocycles. The number of ether oxygens (including phenoxy) is 1. The smallest absolute Gasteiger partial charge is 0.410 e. The predicted molar refractivity (Wildman–Crippen MR) is 95.4 cm³/mol. The topological polar surface area (TPSA) is 49.9 Å². The quantitative estimate of drug-likeness (QED) is 0.782. The summed E-state index contributed by atoms with van der Waals surface area (Å²) in [6.07, 6.45) is 1.73. The number of hydrogen-bond donors (Lipinski definition) is 0. The zero-order valence-corrected chi connectivity index (χ0v) is 15.8. The van der Waals surface area contributed by atoms with Gasteiger partial charge in [0.15, 0.2) is 0 Å². The Kier molecular flexibility index (Phi) is 5.93. The first-order valence-corrected chi connectivity index (χ1v) is 8.70. The highest BCUT2D eigenvalue weighted by Gasteiger charge is 2.36. The van der Waals surface area contributed by atoms with Crippen molar-refractivity contribution in [3.63, 3.8) is 0 Å². The Labute approximate surface area is 152 Å². The molecule has 0 bridgehead atoms. The van der Waals surface area contributed by atoms with Gasteiger partial charge in [-0.3, -0.25) is 9.69 Å². The molecule has 1 atom stereocenters. The van der Waals surface area contributed by atoms with Gasteiger partial charge < -0.3 is 9.64 Å². The molecule has 138 valence electrons. The molecule has 25 heavy (non-hydrogen) atoms. The molecule has 7 heteroatoms. The zero-order chi connectivity index (χ0) is 18.8. The highest BCUT2D eigenvalue weighted by molar-refractivity contribution is 6.33. The minimum absolute atomic E-state index is 0.149. The molecule has 1 heterocycles. The van der Waals surface area contributed by atoms with Gasteiger partial charge in [0.1, 0.15) is 17.5 Å². The lowest BCUT2D eigenvalue weighted by molar-refractivity contribution is -0.124. The van der Waals surface area contributed by atoms with E-state index in [0.717, 1.165) is 18.9 Å². The van der Waals surface area contributed by atoms with E-state index >= 15 is 0 Å². The summed E-state index contributed by atoms with van der Waals surface area (Å²) in [6.45, 7) is 5.83. The van der Waals surface area contributed by atoms with Crippen molar-refractivity contribution in [2.24, 2.45) is 0 Å². The number of carbonyl (C=O) groups excluding carboxylic acids is 2. The van der Waals surface area contributed by atoms with Crippen LogP contribution in [0.1, 0.15) is 40.0 Å². The number of likely N-dealkylation sites (tertiary alicyclic amines) is 1. The SMILES string of the molecule is CN(C(=O)[C@@H]1CCCCN1C(=O)OC(C)(C)C)c1ccc(F)cc1Cl. The molecule has 0 unspecified atom stereocenters. The van der Waals surface area contributed by atoms with Crippen LogP contribution in [-0.2, 0) is 9.53 Å². The van der Waals surface area contributed by atoms with E-state index in [2.05, 4.69) is 0 Å². The van der Waals surface area contributed by atoms with Gasteiger partial charge in [-0.15, -0.1) is 0 Å². The third kappa shape index (κ3) is 4.84. The van der Waals surface area contributed by atoms with Gasteiger partial charge in [0, 0.05) is 13.6 Å². The molecule has 2 rings (SSSR count). The lowest BCUT2D eigenvalue weighted by atomic mass is 10.0. The summed E-state index contributed by atoms with van der Waals surface area (Å²) in [5, 5.41) is 0.149. The summed E-state index contributed by atoms with van der Waals surface area (Å²) >= 11 is 6.05. The number of halogens is 2. The van der Waals surface area contributed by atoms with Gasteiger partial charge in [-0.25, -0.2) is 9.18 Å². The van der Waals surface area contributed by atoms with Crippen LogP contribution in [0.5, 0.6) is 0 Å². The molecule has 5 nitrogen and oxygen atoms in total. The predicted octanol–water partition coefficient (Wildman–Crippen LogP) is 4.23. The summed E-state index contributed by atoms with van der Waals surface area (Å²) in [6, 6.07) is 3.25. The molecule has 1 fully saturated rings. The molecule has 1 aliphatic heterocycles. The maximum atomic E-state index is 13.2. The Morgan fingerprint density at radius 3 is 2.60 bits per heavy atom. The highest BCUT2D eigenvalue weighted by atomic mass is 35.5. The molecule has 0 saturated carbocycles. The van der Waals surface area contributed by atoms with Gasteiger partial charge in [-0.2, -0.15) is 0 Å². The fourth-order valence-electron chi connectivity index (χ4n) is 2.82. The van der Waals surface area contributed by atoms with E-state index in [-0.39, 0.29) is 10.9 Å². The lowest BCUT2D eigenvalue weighted by Crippen LogP contribution is -2.53. The van der Waals surface area contributed by atoms with Gasteiger partial charge in [0.25, 0.3) is 0 Å². The van der Waals surface area contributed by atoms with Crippen molar-refractivity contribution in [1.82, 2.24) is 4.90 Å².